The minimum absolute atomic E-state index is 0.0382. The Hall–Kier alpha value is -2.49. The van der Waals surface area contributed by atoms with Crippen LogP contribution in [0.2, 0.25) is 0 Å². The average molecular weight is 433 g/mol. The number of nitrogens with zero attached hydrogens (tertiary/aromatic N) is 2. The van der Waals surface area contributed by atoms with E-state index >= 15 is 0 Å². The first-order chi connectivity index (χ1) is 14.8. The standard InChI is InChI=1S/C23H32N2O6/c1-16-17(5-3-7-19(16)13-26)10-25(12-22(29)30)21(15-28)11-24(2)9-18-6-4-8-20(14-27)23(18)31/h3-8,21,26-28,31H,9-15H2,1-2H3,(H,29,30). The molecule has 0 spiro atoms. The molecule has 0 fully saturated rings. The highest BCUT2D eigenvalue weighted by atomic mass is 16.4. The summed E-state index contributed by atoms with van der Waals surface area (Å²) in [5, 5.41) is 48.6. The van der Waals surface area contributed by atoms with Gasteiger partial charge in [-0.25, -0.2) is 0 Å². The lowest BCUT2D eigenvalue weighted by molar-refractivity contribution is -0.139. The van der Waals surface area contributed by atoms with Crippen molar-refractivity contribution in [1.29, 1.82) is 0 Å². The van der Waals surface area contributed by atoms with Crippen molar-refractivity contribution in [2.75, 3.05) is 26.7 Å². The summed E-state index contributed by atoms with van der Waals surface area (Å²) in [6, 6.07) is 10.2. The quantitative estimate of drug-likeness (QED) is 0.337. The van der Waals surface area contributed by atoms with Gasteiger partial charge in [0.05, 0.1) is 26.4 Å². The Morgan fingerprint density at radius 2 is 1.52 bits per heavy atom. The average Bonchev–Trinajstić information content (AvgIpc) is 2.74. The zero-order valence-electron chi connectivity index (χ0n) is 18.0. The van der Waals surface area contributed by atoms with Crippen molar-refractivity contribution in [2.45, 2.75) is 39.3 Å². The number of aliphatic hydroxyl groups excluding tert-OH is 3. The van der Waals surface area contributed by atoms with E-state index in [9.17, 15) is 30.3 Å². The van der Waals surface area contributed by atoms with Crippen LogP contribution in [0.15, 0.2) is 36.4 Å². The SMILES string of the molecule is Cc1c(CO)cccc1CN(CC(=O)O)C(CO)CN(C)Cc1cccc(CO)c1O. The number of hydrogen-bond acceptors (Lipinski definition) is 7. The van der Waals surface area contributed by atoms with E-state index in [2.05, 4.69) is 0 Å². The Morgan fingerprint density at radius 1 is 0.935 bits per heavy atom. The molecule has 0 aliphatic heterocycles. The molecule has 8 heteroatoms. The van der Waals surface area contributed by atoms with Crippen molar-refractivity contribution < 1.29 is 30.3 Å². The number of carbonyl (C=O) groups is 1. The van der Waals surface area contributed by atoms with E-state index in [1.807, 2.05) is 37.1 Å². The van der Waals surface area contributed by atoms with Crippen molar-refractivity contribution in [1.82, 2.24) is 9.80 Å². The van der Waals surface area contributed by atoms with Gasteiger partial charge in [0.15, 0.2) is 0 Å². The topological polar surface area (TPSA) is 125 Å². The van der Waals surface area contributed by atoms with E-state index in [1.165, 1.54) is 0 Å². The molecule has 0 aromatic heterocycles. The number of aliphatic carboxylic acids is 1. The number of carboxylic acid groups (broad SMARTS) is 1. The lowest BCUT2D eigenvalue weighted by atomic mass is 10.0. The van der Waals surface area contributed by atoms with E-state index < -0.39 is 12.0 Å². The summed E-state index contributed by atoms with van der Waals surface area (Å²) in [5.74, 6) is -0.957. The Morgan fingerprint density at radius 3 is 2.10 bits per heavy atom. The third-order valence-electron chi connectivity index (χ3n) is 5.50. The van der Waals surface area contributed by atoms with Crippen LogP contribution >= 0.6 is 0 Å². The fraction of sp³-hybridized carbons (Fsp3) is 0.435. The Kier molecular flexibility index (Phi) is 9.42. The van der Waals surface area contributed by atoms with Crippen LogP contribution in [0.3, 0.4) is 0 Å². The number of para-hydroxylation sites is 1. The van der Waals surface area contributed by atoms with Crippen LogP contribution < -0.4 is 0 Å². The second-order valence-electron chi connectivity index (χ2n) is 7.77. The van der Waals surface area contributed by atoms with Crippen LogP contribution in [0.4, 0.5) is 0 Å². The summed E-state index contributed by atoms with van der Waals surface area (Å²) in [6.45, 7) is 2.10. The number of likely N-dealkylation sites (N-methyl/N-ethyl adjacent to an activating group) is 1. The maximum atomic E-state index is 11.5. The molecule has 170 valence electrons. The number of phenols is 1. The normalized spacial score (nSPS) is 12.5. The lowest BCUT2D eigenvalue weighted by Gasteiger charge is -2.33. The smallest absolute Gasteiger partial charge is 0.317 e. The molecule has 0 radical (unpaired) electrons. The first-order valence-corrected chi connectivity index (χ1v) is 10.1. The van der Waals surface area contributed by atoms with Crippen LogP contribution in [0.25, 0.3) is 0 Å². The molecule has 0 heterocycles. The van der Waals surface area contributed by atoms with Gasteiger partial charge in [-0.2, -0.15) is 0 Å². The molecule has 5 N–H and O–H groups in total. The predicted molar refractivity (Wildman–Crippen MR) is 116 cm³/mol. The Balaban J connectivity index is 2.18. The summed E-state index contributed by atoms with van der Waals surface area (Å²) in [5.41, 5.74) is 3.65. The van der Waals surface area contributed by atoms with E-state index in [0.717, 1.165) is 16.7 Å². The highest BCUT2D eigenvalue weighted by molar-refractivity contribution is 5.69. The molecule has 0 amide bonds. The van der Waals surface area contributed by atoms with Crippen molar-refractivity contribution >= 4 is 5.97 Å². The summed E-state index contributed by atoms with van der Waals surface area (Å²) in [6.07, 6.45) is 0. The van der Waals surface area contributed by atoms with Crippen LogP contribution in [0, 0.1) is 6.92 Å². The van der Waals surface area contributed by atoms with Gasteiger partial charge in [-0.05, 0) is 30.7 Å². The van der Waals surface area contributed by atoms with Crippen LogP contribution in [-0.2, 0) is 31.1 Å². The van der Waals surface area contributed by atoms with Gasteiger partial charge in [0.2, 0.25) is 0 Å². The van der Waals surface area contributed by atoms with Gasteiger partial charge >= 0.3 is 5.97 Å². The molecule has 8 nitrogen and oxygen atoms in total. The highest BCUT2D eigenvalue weighted by Crippen LogP contribution is 2.24. The lowest BCUT2D eigenvalue weighted by Crippen LogP contribution is -2.47. The van der Waals surface area contributed by atoms with E-state index in [1.54, 1.807) is 23.1 Å². The molecule has 0 saturated carbocycles. The van der Waals surface area contributed by atoms with Gasteiger partial charge in [0, 0.05) is 36.8 Å². The fourth-order valence-electron chi connectivity index (χ4n) is 3.69. The van der Waals surface area contributed by atoms with Crippen molar-refractivity contribution in [3.63, 3.8) is 0 Å². The van der Waals surface area contributed by atoms with E-state index in [4.69, 9.17) is 0 Å². The number of aromatic hydroxyl groups is 1. The number of carboxylic acids is 1. The second kappa shape index (κ2) is 11.8. The molecule has 31 heavy (non-hydrogen) atoms. The van der Waals surface area contributed by atoms with Crippen LogP contribution in [-0.4, -0.2) is 74.1 Å². The van der Waals surface area contributed by atoms with Gasteiger partial charge in [0.1, 0.15) is 5.75 Å². The zero-order chi connectivity index (χ0) is 23.0. The Labute approximate surface area is 182 Å². The maximum absolute atomic E-state index is 11.5. The number of hydrogen-bond donors (Lipinski definition) is 5. The van der Waals surface area contributed by atoms with Crippen LogP contribution in [0.1, 0.15) is 27.8 Å². The van der Waals surface area contributed by atoms with Gasteiger partial charge < -0.3 is 30.4 Å². The minimum atomic E-state index is -0.995. The number of benzene rings is 2. The summed E-state index contributed by atoms with van der Waals surface area (Å²) >= 11 is 0. The zero-order valence-corrected chi connectivity index (χ0v) is 18.0. The molecule has 0 aliphatic rings. The Bertz CT molecular complexity index is 873. The van der Waals surface area contributed by atoms with Crippen molar-refractivity contribution in [3.8, 4) is 5.75 Å². The van der Waals surface area contributed by atoms with Gasteiger partial charge in [0.25, 0.3) is 0 Å². The highest BCUT2D eigenvalue weighted by Gasteiger charge is 2.23. The molecule has 1 unspecified atom stereocenters. The van der Waals surface area contributed by atoms with Crippen molar-refractivity contribution in [3.05, 3.63) is 64.2 Å². The third kappa shape index (κ3) is 6.75. The molecule has 2 aromatic rings. The first-order valence-electron chi connectivity index (χ1n) is 10.1. The molecule has 0 saturated heterocycles. The largest absolute Gasteiger partial charge is 0.507 e. The fourth-order valence-corrected chi connectivity index (χ4v) is 3.69. The van der Waals surface area contributed by atoms with Crippen molar-refractivity contribution in [2.24, 2.45) is 0 Å². The maximum Gasteiger partial charge on any atom is 0.317 e. The number of rotatable bonds is 12. The van der Waals surface area contributed by atoms with E-state index in [0.29, 0.717) is 30.8 Å². The molecule has 2 rings (SSSR count). The van der Waals surface area contributed by atoms with Gasteiger partial charge in [-0.15, -0.1) is 0 Å². The molecular weight excluding hydrogens is 400 g/mol. The molecule has 0 bridgehead atoms. The monoisotopic (exact) mass is 432 g/mol. The molecule has 1 atom stereocenters. The first kappa shape index (κ1) is 24.8. The number of aliphatic hydroxyl groups is 3. The van der Waals surface area contributed by atoms with E-state index in [-0.39, 0.29) is 32.1 Å². The van der Waals surface area contributed by atoms with Gasteiger partial charge in [-0.1, -0.05) is 36.4 Å². The third-order valence-corrected chi connectivity index (χ3v) is 5.50. The van der Waals surface area contributed by atoms with Gasteiger partial charge in [-0.3, -0.25) is 9.69 Å². The molecular formula is C23H32N2O6. The summed E-state index contributed by atoms with van der Waals surface area (Å²) < 4.78 is 0. The predicted octanol–water partition coefficient (Wildman–Crippen LogP) is 1.06. The molecule has 0 aliphatic carbocycles. The summed E-state index contributed by atoms with van der Waals surface area (Å²) in [4.78, 5) is 15.1. The second-order valence-corrected chi connectivity index (χ2v) is 7.77. The molecule has 2 aromatic carbocycles. The van der Waals surface area contributed by atoms with Crippen LogP contribution in [0.5, 0.6) is 5.75 Å². The summed E-state index contributed by atoms with van der Waals surface area (Å²) in [7, 11) is 1.82. The minimum Gasteiger partial charge on any atom is -0.507 e.